The molecule has 0 aromatic heterocycles. The van der Waals surface area contributed by atoms with E-state index in [0.29, 0.717) is 0 Å². The molecule has 0 radical (unpaired) electrons. The van der Waals surface area contributed by atoms with Crippen molar-refractivity contribution in [3.63, 3.8) is 0 Å². The van der Waals surface area contributed by atoms with Crippen LogP contribution < -0.4 is 5.73 Å². The third kappa shape index (κ3) is 4.67. The maximum atomic E-state index is 6.12. The van der Waals surface area contributed by atoms with Crippen molar-refractivity contribution in [1.29, 1.82) is 0 Å². The maximum absolute atomic E-state index is 6.12. The zero-order valence-corrected chi connectivity index (χ0v) is 10.7. The Morgan fingerprint density at radius 3 is 2.13 bits per heavy atom. The normalized spacial score (nSPS) is 12.0. The van der Waals surface area contributed by atoms with Gasteiger partial charge in [-0.3, -0.25) is 0 Å². The molecule has 0 unspecified atom stereocenters. The third-order valence-corrected chi connectivity index (χ3v) is 2.54. The van der Waals surface area contributed by atoms with Gasteiger partial charge in [-0.1, -0.05) is 49.1 Å². The Kier molecular flexibility index (Phi) is 6.62. The van der Waals surface area contributed by atoms with Gasteiger partial charge in [0.25, 0.3) is 0 Å². The number of unbranched alkanes of at least 4 members (excludes halogenated alkanes) is 1. The van der Waals surface area contributed by atoms with E-state index in [9.17, 15) is 0 Å². The maximum Gasteiger partial charge on any atom is 0.0295 e. The van der Waals surface area contributed by atoms with Crippen molar-refractivity contribution in [2.24, 2.45) is 5.73 Å². The SMILES string of the molecule is CCCC[C@H](N)c1cc(C)cc(C)c1.Cl. The lowest BCUT2D eigenvalue weighted by atomic mass is 9.98. The highest BCUT2D eigenvalue weighted by molar-refractivity contribution is 5.85. The van der Waals surface area contributed by atoms with E-state index in [1.165, 1.54) is 29.5 Å². The molecule has 0 amide bonds. The molecule has 0 aliphatic heterocycles. The van der Waals surface area contributed by atoms with Crippen molar-refractivity contribution in [2.75, 3.05) is 0 Å². The molecule has 1 rings (SSSR count). The van der Waals surface area contributed by atoms with Crippen molar-refractivity contribution in [3.8, 4) is 0 Å². The smallest absolute Gasteiger partial charge is 0.0295 e. The molecule has 15 heavy (non-hydrogen) atoms. The monoisotopic (exact) mass is 227 g/mol. The van der Waals surface area contributed by atoms with E-state index in [1.54, 1.807) is 0 Å². The topological polar surface area (TPSA) is 26.0 Å². The van der Waals surface area contributed by atoms with E-state index in [4.69, 9.17) is 5.73 Å². The van der Waals surface area contributed by atoms with Crippen LogP contribution in [0.15, 0.2) is 18.2 Å². The average molecular weight is 228 g/mol. The van der Waals surface area contributed by atoms with Crippen LogP contribution >= 0.6 is 12.4 Å². The van der Waals surface area contributed by atoms with Crippen LogP contribution in [0.4, 0.5) is 0 Å². The van der Waals surface area contributed by atoms with Crippen LogP contribution in [-0.4, -0.2) is 0 Å². The molecular weight excluding hydrogens is 206 g/mol. The molecule has 1 aromatic carbocycles. The molecular formula is C13H22ClN. The summed E-state index contributed by atoms with van der Waals surface area (Å²) >= 11 is 0. The highest BCUT2D eigenvalue weighted by atomic mass is 35.5. The van der Waals surface area contributed by atoms with Gasteiger partial charge in [-0.25, -0.2) is 0 Å². The Hall–Kier alpha value is -0.530. The van der Waals surface area contributed by atoms with Gasteiger partial charge in [-0.05, 0) is 25.8 Å². The Morgan fingerprint density at radius 2 is 1.67 bits per heavy atom. The number of nitrogens with two attached hydrogens (primary N) is 1. The van der Waals surface area contributed by atoms with Crippen molar-refractivity contribution in [2.45, 2.75) is 46.1 Å². The van der Waals surface area contributed by atoms with Crippen molar-refractivity contribution < 1.29 is 0 Å². The minimum absolute atomic E-state index is 0. The summed E-state index contributed by atoms with van der Waals surface area (Å²) in [6.07, 6.45) is 3.53. The summed E-state index contributed by atoms with van der Waals surface area (Å²) in [7, 11) is 0. The molecule has 0 saturated carbocycles. The number of aryl methyl sites for hydroxylation is 2. The Bertz CT molecular complexity index is 276. The lowest BCUT2D eigenvalue weighted by Gasteiger charge is -2.13. The molecule has 86 valence electrons. The van der Waals surface area contributed by atoms with Gasteiger partial charge in [0.15, 0.2) is 0 Å². The molecule has 1 atom stereocenters. The van der Waals surface area contributed by atoms with Gasteiger partial charge >= 0.3 is 0 Å². The first-order valence-corrected chi connectivity index (χ1v) is 5.47. The van der Waals surface area contributed by atoms with E-state index in [-0.39, 0.29) is 18.4 Å². The van der Waals surface area contributed by atoms with E-state index < -0.39 is 0 Å². The average Bonchev–Trinajstić information content (AvgIpc) is 2.12. The number of halogens is 1. The zero-order chi connectivity index (χ0) is 10.6. The fraction of sp³-hybridized carbons (Fsp3) is 0.538. The first kappa shape index (κ1) is 14.5. The fourth-order valence-corrected chi connectivity index (χ4v) is 1.81. The van der Waals surface area contributed by atoms with Crippen LogP contribution in [0.25, 0.3) is 0 Å². The van der Waals surface area contributed by atoms with Gasteiger partial charge in [0.1, 0.15) is 0 Å². The summed E-state index contributed by atoms with van der Waals surface area (Å²) in [6.45, 7) is 6.46. The van der Waals surface area contributed by atoms with Crippen LogP contribution in [0, 0.1) is 13.8 Å². The van der Waals surface area contributed by atoms with Crippen LogP contribution in [-0.2, 0) is 0 Å². The Balaban J connectivity index is 0.00000196. The van der Waals surface area contributed by atoms with Gasteiger partial charge in [-0.15, -0.1) is 12.4 Å². The lowest BCUT2D eigenvalue weighted by molar-refractivity contribution is 0.603. The Labute approximate surface area is 99.5 Å². The molecule has 2 N–H and O–H groups in total. The number of rotatable bonds is 4. The second-order valence-electron chi connectivity index (χ2n) is 4.17. The molecule has 0 saturated heterocycles. The molecule has 0 fully saturated rings. The largest absolute Gasteiger partial charge is 0.324 e. The van der Waals surface area contributed by atoms with Gasteiger partial charge in [0, 0.05) is 6.04 Å². The number of hydrogen-bond donors (Lipinski definition) is 1. The highest BCUT2D eigenvalue weighted by Gasteiger charge is 2.05. The quantitative estimate of drug-likeness (QED) is 0.829. The fourth-order valence-electron chi connectivity index (χ4n) is 1.81. The van der Waals surface area contributed by atoms with E-state index in [0.717, 1.165) is 6.42 Å². The van der Waals surface area contributed by atoms with Gasteiger partial charge < -0.3 is 5.73 Å². The predicted octanol–water partition coefficient (Wildman–Crippen LogP) is 3.92. The van der Waals surface area contributed by atoms with Gasteiger partial charge in [0.2, 0.25) is 0 Å². The molecule has 1 aromatic rings. The molecule has 0 bridgehead atoms. The van der Waals surface area contributed by atoms with Gasteiger partial charge in [0.05, 0.1) is 0 Å². The molecule has 0 heterocycles. The van der Waals surface area contributed by atoms with E-state index in [1.807, 2.05) is 0 Å². The van der Waals surface area contributed by atoms with Crippen molar-refractivity contribution >= 4 is 12.4 Å². The van der Waals surface area contributed by atoms with E-state index >= 15 is 0 Å². The third-order valence-electron chi connectivity index (χ3n) is 2.54. The minimum atomic E-state index is 0. The molecule has 0 aliphatic rings. The lowest BCUT2D eigenvalue weighted by Crippen LogP contribution is -2.10. The first-order valence-electron chi connectivity index (χ1n) is 5.47. The van der Waals surface area contributed by atoms with E-state index in [2.05, 4.69) is 39.0 Å². The van der Waals surface area contributed by atoms with Crippen LogP contribution in [0.1, 0.15) is 48.9 Å². The number of hydrogen-bond acceptors (Lipinski definition) is 1. The van der Waals surface area contributed by atoms with Crippen LogP contribution in [0.2, 0.25) is 0 Å². The minimum Gasteiger partial charge on any atom is -0.324 e. The standard InChI is InChI=1S/C13H21N.ClH/c1-4-5-6-13(14)12-8-10(2)7-11(3)9-12;/h7-9,13H,4-6,14H2,1-3H3;1H/t13-;/m0./s1. The summed E-state index contributed by atoms with van der Waals surface area (Å²) in [5.41, 5.74) is 10.0. The molecule has 2 heteroatoms. The first-order chi connectivity index (χ1) is 6.63. The number of benzene rings is 1. The zero-order valence-electron chi connectivity index (χ0n) is 9.92. The molecule has 0 spiro atoms. The van der Waals surface area contributed by atoms with Crippen molar-refractivity contribution in [3.05, 3.63) is 34.9 Å². The summed E-state index contributed by atoms with van der Waals surface area (Å²) < 4.78 is 0. The molecule has 1 nitrogen and oxygen atoms in total. The summed E-state index contributed by atoms with van der Waals surface area (Å²) in [4.78, 5) is 0. The second-order valence-corrected chi connectivity index (χ2v) is 4.17. The Morgan fingerprint density at radius 1 is 1.13 bits per heavy atom. The molecule has 0 aliphatic carbocycles. The summed E-state index contributed by atoms with van der Waals surface area (Å²) in [5, 5.41) is 0. The summed E-state index contributed by atoms with van der Waals surface area (Å²) in [6, 6.07) is 6.81. The van der Waals surface area contributed by atoms with Gasteiger partial charge in [-0.2, -0.15) is 0 Å². The van der Waals surface area contributed by atoms with Crippen LogP contribution in [0.5, 0.6) is 0 Å². The predicted molar refractivity (Wildman–Crippen MR) is 69.6 cm³/mol. The van der Waals surface area contributed by atoms with Crippen molar-refractivity contribution in [1.82, 2.24) is 0 Å². The highest BCUT2D eigenvalue weighted by Crippen LogP contribution is 2.19. The summed E-state index contributed by atoms with van der Waals surface area (Å²) in [5.74, 6) is 0. The second kappa shape index (κ2) is 6.86. The van der Waals surface area contributed by atoms with Crippen LogP contribution in [0.3, 0.4) is 0 Å².